The number of hydrogen-bond donors (Lipinski definition) is 4. The summed E-state index contributed by atoms with van der Waals surface area (Å²) in [7, 11) is 0. The molecule has 0 unspecified atom stereocenters. The first kappa shape index (κ1) is 49.8. The minimum absolute atomic E-state index is 0.333. The van der Waals surface area contributed by atoms with Crippen LogP contribution in [0.25, 0.3) is 0 Å². The summed E-state index contributed by atoms with van der Waals surface area (Å²) in [5, 5.41) is 11.8. The molecule has 74 heavy (non-hydrogen) atoms. The summed E-state index contributed by atoms with van der Waals surface area (Å²) in [6.07, 6.45) is 28.5. The Morgan fingerprint density at radius 3 is 0.730 bits per heavy atom. The van der Waals surface area contributed by atoms with Crippen LogP contribution in [0.4, 0.5) is 22.7 Å². The molecule has 0 heterocycles. The van der Waals surface area contributed by atoms with Crippen molar-refractivity contribution in [1.29, 1.82) is 0 Å². The molecular formula is C66H46N4O4. The van der Waals surface area contributed by atoms with E-state index in [-0.39, 0.29) is 17.7 Å². The second-order valence-electron chi connectivity index (χ2n) is 17.7. The van der Waals surface area contributed by atoms with Crippen molar-refractivity contribution in [2.45, 2.75) is 26.2 Å². The molecule has 0 bridgehead atoms. The largest absolute Gasteiger partial charge is 0.322 e. The molecule has 0 fully saturated rings. The van der Waals surface area contributed by atoms with Crippen LogP contribution >= 0.6 is 0 Å². The Bertz CT molecular complexity index is 3430. The predicted octanol–water partition coefficient (Wildman–Crippen LogP) is 11.9. The molecule has 8 aromatic carbocycles. The molecule has 4 amide bonds. The van der Waals surface area contributed by atoms with Gasteiger partial charge < -0.3 is 21.3 Å². The van der Waals surface area contributed by atoms with Crippen LogP contribution in [0.3, 0.4) is 0 Å². The van der Waals surface area contributed by atoms with Gasteiger partial charge in [-0.15, -0.1) is 32.1 Å². The summed E-state index contributed by atoms with van der Waals surface area (Å²) in [6, 6.07) is 50.0. The third-order valence-corrected chi connectivity index (χ3v) is 12.4. The monoisotopic (exact) mass is 958 g/mol. The van der Waals surface area contributed by atoms with Gasteiger partial charge in [-0.3, -0.25) is 19.2 Å². The van der Waals surface area contributed by atoms with Gasteiger partial charge in [0.1, 0.15) is 0 Å². The molecule has 8 aromatic rings. The number of rotatable bonds is 12. The number of anilines is 4. The van der Waals surface area contributed by atoms with E-state index in [2.05, 4.69) is 50.9 Å². The van der Waals surface area contributed by atoms with Gasteiger partial charge in [-0.05, 0) is 181 Å². The molecule has 0 aliphatic heterocycles. The molecule has 8 nitrogen and oxygen atoms in total. The molecule has 0 atom stereocenters. The highest BCUT2D eigenvalue weighted by Crippen LogP contribution is 2.46. The molecule has 0 aliphatic carbocycles. The lowest BCUT2D eigenvalue weighted by atomic mass is 9.64. The van der Waals surface area contributed by atoms with Gasteiger partial charge in [-0.1, -0.05) is 78.1 Å². The van der Waals surface area contributed by atoms with Gasteiger partial charge in [0.25, 0.3) is 23.6 Å². The fourth-order valence-corrected chi connectivity index (χ4v) is 8.98. The van der Waals surface area contributed by atoms with Crippen LogP contribution in [-0.2, 0) is 5.41 Å². The Hall–Kier alpha value is -10.6. The summed E-state index contributed by atoms with van der Waals surface area (Å²) in [5.74, 6) is 11.6. The van der Waals surface area contributed by atoms with Crippen LogP contribution in [0.1, 0.15) is 108 Å². The normalized spacial score (nSPS) is 10.5. The smallest absolute Gasteiger partial charge is 0.255 e. The van der Waals surface area contributed by atoms with E-state index in [9.17, 15) is 19.2 Å². The first-order chi connectivity index (χ1) is 35.7. The highest BCUT2D eigenvalue weighted by Gasteiger charge is 2.39. The molecule has 8 heteroatoms. The third kappa shape index (κ3) is 10.9. The first-order valence-electron chi connectivity index (χ1n) is 23.2. The number of aryl methyl sites for hydroxylation is 3. The predicted molar refractivity (Wildman–Crippen MR) is 296 cm³/mol. The quantitative estimate of drug-likeness (QED) is 0.0721. The first-order valence-corrected chi connectivity index (χ1v) is 23.2. The Morgan fingerprint density at radius 2 is 0.514 bits per heavy atom. The van der Waals surface area contributed by atoms with E-state index < -0.39 is 11.3 Å². The molecule has 354 valence electrons. The van der Waals surface area contributed by atoms with Gasteiger partial charge in [0.2, 0.25) is 0 Å². The Morgan fingerprint density at radius 1 is 0.311 bits per heavy atom. The SMILES string of the molecule is C#Cc1cc(C)cc(NC(=O)c2ccc(C(c3ccc(C(=O)Nc4cc(C)cc(C#C)c4)cc3)(c3ccc(C(=O)Nc4cc(C)cc(C#C)c4)cc3)c3ccc(C(=O)Nc4cc(C#C)cc(C#C)c4)cc3)cc2)c1. The van der Waals surface area contributed by atoms with Crippen molar-refractivity contribution >= 4 is 46.4 Å². The maximum atomic E-state index is 13.9. The maximum Gasteiger partial charge on any atom is 0.255 e. The third-order valence-electron chi connectivity index (χ3n) is 12.4. The van der Waals surface area contributed by atoms with E-state index in [0.717, 1.165) is 16.7 Å². The van der Waals surface area contributed by atoms with Crippen LogP contribution in [0.2, 0.25) is 0 Å². The zero-order valence-corrected chi connectivity index (χ0v) is 40.7. The zero-order valence-electron chi connectivity index (χ0n) is 40.7. The van der Waals surface area contributed by atoms with Crippen LogP contribution < -0.4 is 21.3 Å². The van der Waals surface area contributed by atoms with Crippen molar-refractivity contribution in [1.82, 2.24) is 0 Å². The Labute approximate surface area is 431 Å². The number of amides is 4. The summed E-state index contributed by atoms with van der Waals surface area (Å²) in [6.45, 7) is 5.69. The standard InChI is InChI=1S/C66H46N4O4/c1-9-45-30-42(6)33-58(37-45)67-62(71)50-14-22-54(23-15-50)66(55-24-16-51(17-25-55)63(72)68-59-34-43(7)31-46(10-2)38-59,56-26-18-52(19-27-56)64(73)69-60-35-44(8)32-47(11-3)39-60)57-28-20-53(21-29-57)65(74)70-61-40-48(12-4)36-49(13-5)41-61/h1-5,14-41H,6-8H3,(H,67,71)(H,68,72)(H,69,73)(H,70,74). The van der Waals surface area contributed by atoms with Crippen LogP contribution in [0.15, 0.2) is 170 Å². The minimum atomic E-state index is -1.22. The molecule has 0 aromatic heterocycles. The summed E-state index contributed by atoms with van der Waals surface area (Å²) in [5.41, 5.74) is 10.8. The van der Waals surface area contributed by atoms with Crippen molar-refractivity contribution in [2.75, 3.05) is 21.3 Å². The van der Waals surface area contributed by atoms with Gasteiger partial charge in [-0.25, -0.2) is 0 Å². The Balaban J connectivity index is 1.25. The minimum Gasteiger partial charge on any atom is -0.322 e. The maximum absolute atomic E-state index is 13.9. The van der Waals surface area contributed by atoms with Gasteiger partial charge in [0, 0.05) is 72.8 Å². The Kier molecular flexibility index (Phi) is 14.6. The number of benzene rings is 8. The van der Waals surface area contributed by atoms with Crippen molar-refractivity contribution in [3.05, 3.63) is 259 Å². The summed E-state index contributed by atoms with van der Waals surface area (Å²) < 4.78 is 0. The lowest BCUT2D eigenvalue weighted by Crippen LogP contribution is -2.31. The average Bonchev–Trinajstić information content (AvgIpc) is 3.41. The zero-order chi connectivity index (χ0) is 52.5. The van der Waals surface area contributed by atoms with Crippen LogP contribution in [0.5, 0.6) is 0 Å². The number of carbonyl (C=O) groups excluding carboxylic acids is 4. The molecule has 0 saturated carbocycles. The summed E-state index contributed by atoms with van der Waals surface area (Å²) >= 11 is 0. The van der Waals surface area contributed by atoms with Crippen molar-refractivity contribution in [3.8, 4) is 61.7 Å². The highest BCUT2D eigenvalue weighted by atomic mass is 16.2. The number of terminal acetylenes is 5. The lowest BCUT2D eigenvalue weighted by Gasteiger charge is -2.37. The fourth-order valence-electron chi connectivity index (χ4n) is 8.98. The molecule has 0 saturated heterocycles. The average molecular weight is 959 g/mol. The van der Waals surface area contributed by atoms with Crippen molar-refractivity contribution in [3.63, 3.8) is 0 Å². The van der Waals surface area contributed by atoms with E-state index >= 15 is 0 Å². The van der Waals surface area contributed by atoms with Gasteiger partial charge in [-0.2, -0.15) is 0 Å². The van der Waals surface area contributed by atoms with Crippen molar-refractivity contribution in [2.24, 2.45) is 0 Å². The van der Waals surface area contributed by atoms with E-state index in [0.29, 0.717) is 95.1 Å². The lowest BCUT2D eigenvalue weighted by molar-refractivity contribution is 0.101. The molecule has 0 radical (unpaired) electrons. The van der Waals surface area contributed by atoms with Gasteiger partial charge in [0.15, 0.2) is 0 Å². The molecule has 8 rings (SSSR count). The van der Waals surface area contributed by atoms with E-state index in [1.165, 1.54) is 0 Å². The van der Waals surface area contributed by atoms with E-state index in [1.807, 2.05) is 106 Å². The van der Waals surface area contributed by atoms with Crippen LogP contribution in [-0.4, -0.2) is 23.6 Å². The summed E-state index contributed by atoms with van der Waals surface area (Å²) in [4.78, 5) is 55.5. The molecule has 0 spiro atoms. The number of carbonyl (C=O) groups is 4. The second-order valence-corrected chi connectivity index (χ2v) is 17.7. The highest BCUT2D eigenvalue weighted by molar-refractivity contribution is 6.07. The number of hydrogen-bond acceptors (Lipinski definition) is 4. The van der Waals surface area contributed by atoms with Crippen LogP contribution in [0, 0.1) is 82.5 Å². The van der Waals surface area contributed by atoms with Crippen molar-refractivity contribution < 1.29 is 19.2 Å². The van der Waals surface area contributed by atoms with Gasteiger partial charge in [0.05, 0.1) is 5.41 Å². The second kappa shape index (κ2) is 21.6. The van der Waals surface area contributed by atoms with Gasteiger partial charge >= 0.3 is 0 Å². The van der Waals surface area contributed by atoms with E-state index in [4.69, 9.17) is 32.1 Å². The van der Waals surface area contributed by atoms with E-state index in [1.54, 1.807) is 84.9 Å². The topological polar surface area (TPSA) is 116 Å². The molecule has 4 N–H and O–H groups in total. The molecule has 0 aliphatic rings. The fraction of sp³-hybridized carbons (Fsp3) is 0.0606. The number of nitrogens with one attached hydrogen (secondary N) is 4. The molecular weight excluding hydrogens is 913 g/mol.